The van der Waals surface area contributed by atoms with Crippen LogP contribution in [0.25, 0.3) is 0 Å². The van der Waals surface area contributed by atoms with Gasteiger partial charge >= 0.3 is 0 Å². The quantitative estimate of drug-likeness (QED) is 0.516. The Morgan fingerprint density at radius 3 is 2.44 bits per heavy atom. The minimum atomic E-state index is 0.970. The van der Waals surface area contributed by atoms with Crippen LogP contribution in [0.3, 0.4) is 0 Å². The van der Waals surface area contributed by atoms with Gasteiger partial charge in [0.2, 0.25) is 0 Å². The zero-order valence-electron chi connectivity index (χ0n) is 5.86. The predicted octanol–water partition coefficient (Wildman–Crippen LogP) is 1.95. The fraction of sp³-hybridized carbons (Fsp3) is 0.250. The highest BCUT2D eigenvalue weighted by Gasteiger charge is 1.98. The molecule has 0 saturated carbocycles. The van der Waals surface area contributed by atoms with Gasteiger partial charge in [0.25, 0.3) is 0 Å². The van der Waals surface area contributed by atoms with E-state index >= 15 is 0 Å². The van der Waals surface area contributed by atoms with E-state index in [0.29, 0.717) is 0 Å². The Morgan fingerprint density at radius 2 is 2.00 bits per heavy atom. The second kappa shape index (κ2) is 2.09. The van der Waals surface area contributed by atoms with Gasteiger partial charge in [0, 0.05) is 11.9 Å². The average Bonchev–Trinajstić information content (AvgIpc) is 1.80. The van der Waals surface area contributed by atoms with Crippen molar-refractivity contribution in [2.45, 2.75) is 13.8 Å². The summed E-state index contributed by atoms with van der Waals surface area (Å²) in [6.45, 7) is 7.92. The number of rotatable bonds is 0. The maximum absolute atomic E-state index is 3.77. The Morgan fingerprint density at radius 1 is 1.33 bits per heavy atom. The zero-order valence-corrected chi connectivity index (χ0v) is 5.86. The van der Waals surface area contributed by atoms with Gasteiger partial charge in [0.1, 0.15) is 0 Å². The molecule has 0 aromatic carbocycles. The predicted molar refractivity (Wildman–Crippen MR) is 39.8 cm³/mol. The number of hydrogen-bond donors (Lipinski definition) is 1. The van der Waals surface area contributed by atoms with E-state index in [2.05, 4.69) is 25.7 Å². The summed E-state index contributed by atoms with van der Waals surface area (Å²) < 4.78 is 0. The highest BCUT2D eigenvalue weighted by molar-refractivity contribution is 5.37. The van der Waals surface area contributed by atoms with Crippen LogP contribution in [0.15, 0.2) is 35.7 Å². The van der Waals surface area contributed by atoms with Crippen LogP contribution in [0.4, 0.5) is 0 Å². The van der Waals surface area contributed by atoms with E-state index in [4.69, 9.17) is 0 Å². The lowest BCUT2D eigenvalue weighted by Crippen LogP contribution is -2.07. The smallest absolute Gasteiger partial charge is 0.0309 e. The van der Waals surface area contributed by atoms with Crippen molar-refractivity contribution in [3.63, 3.8) is 0 Å². The molecule has 9 heavy (non-hydrogen) atoms. The summed E-state index contributed by atoms with van der Waals surface area (Å²) in [4.78, 5) is 0. The third-order valence-electron chi connectivity index (χ3n) is 1.49. The minimum absolute atomic E-state index is 0.970. The molecule has 0 atom stereocenters. The van der Waals surface area contributed by atoms with Crippen LogP contribution in [0.2, 0.25) is 0 Å². The third-order valence-corrected chi connectivity index (χ3v) is 1.49. The fourth-order valence-corrected chi connectivity index (χ4v) is 0.732. The molecule has 0 amide bonds. The SMILES string of the molecule is C=C1C=C(C)C(C)=CN1. The van der Waals surface area contributed by atoms with Gasteiger partial charge in [0.05, 0.1) is 0 Å². The number of dihydropyridines is 1. The van der Waals surface area contributed by atoms with Crippen molar-refractivity contribution in [3.8, 4) is 0 Å². The molecule has 0 fully saturated rings. The summed E-state index contributed by atoms with van der Waals surface area (Å²) in [6, 6.07) is 0. The fourth-order valence-electron chi connectivity index (χ4n) is 0.732. The van der Waals surface area contributed by atoms with Crippen LogP contribution < -0.4 is 5.32 Å². The lowest BCUT2D eigenvalue weighted by atomic mass is 10.1. The first-order valence-corrected chi connectivity index (χ1v) is 3.01. The van der Waals surface area contributed by atoms with E-state index < -0.39 is 0 Å². The maximum atomic E-state index is 3.77. The van der Waals surface area contributed by atoms with Gasteiger partial charge in [-0.15, -0.1) is 0 Å². The Bertz CT molecular complexity index is 197. The van der Waals surface area contributed by atoms with Crippen LogP contribution in [0.1, 0.15) is 13.8 Å². The average molecular weight is 121 g/mol. The van der Waals surface area contributed by atoms with Crippen LogP contribution in [-0.4, -0.2) is 0 Å². The molecule has 1 heterocycles. The summed E-state index contributed by atoms with van der Waals surface area (Å²) in [7, 11) is 0. The first-order valence-electron chi connectivity index (χ1n) is 3.01. The Balaban J connectivity index is 2.87. The topological polar surface area (TPSA) is 12.0 Å². The van der Waals surface area contributed by atoms with Crippen molar-refractivity contribution < 1.29 is 0 Å². The first-order chi connectivity index (χ1) is 4.20. The molecule has 1 rings (SSSR count). The second-order valence-corrected chi connectivity index (χ2v) is 2.32. The number of nitrogens with one attached hydrogen (secondary N) is 1. The molecule has 0 radical (unpaired) electrons. The van der Waals surface area contributed by atoms with E-state index in [1.807, 2.05) is 12.3 Å². The Kier molecular flexibility index (Phi) is 1.43. The van der Waals surface area contributed by atoms with Gasteiger partial charge in [-0.25, -0.2) is 0 Å². The van der Waals surface area contributed by atoms with E-state index in [1.165, 1.54) is 11.1 Å². The van der Waals surface area contributed by atoms with Gasteiger partial charge in [-0.2, -0.15) is 0 Å². The van der Waals surface area contributed by atoms with Crippen LogP contribution in [0.5, 0.6) is 0 Å². The molecule has 1 aliphatic rings. The normalized spacial score (nSPS) is 18.2. The largest absolute Gasteiger partial charge is 0.362 e. The molecule has 0 aromatic rings. The Hall–Kier alpha value is -0.980. The molecule has 0 bridgehead atoms. The lowest BCUT2D eigenvalue weighted by molar-refractivity contribution is 1.05. The summed E-state index contributed by atoms with van der Waals surface area (Å²) in [5.74, 6) is 0. The molecule has 1 N–H and O–H groups in total. The van der Waals surface area contributed by atoms with Crippen molar-refractivity contribution in [2.24, 2.45) is 0 Å². The molecule has 1 nitrogen and oxygen atoms in total. The molecule has 1 heteroatoms. The van der Waals surface area contributed by atoms with E-state index in [0.717, 1.165) is 5.70 Å². The molecule has 0 spiro atoms. The van der Waals surface area contributed by atoms with Crippen molar-refractivity contribution in [1.82, 2.24) is 5.32 Å². The summed E-state index contributed by atoms with van der Waals surface area (Å²) in [5, 5.41) is 3.03. The van der Waals surface area contributed by atoms with E-state index in [-0.39, 0.29) is 0 Å². The van der Waals surface area contributed by atoms with E-state index in [9.17, 15) is 0 Å². The minimum Gasteiger partial charge on any atom is -0.362 e. The van der Waals surface area contributed by atoms with Crippen LogP contribution >= 0.6 is 0 Å². The third kappa shape index (κ3) is 1.22. The van der Waals surface area contributed by atoms with Crippen LogP contribution in [-0.2, 0) is 0 Å². The first kappa shape index (κ1) is 6.14. The number of hydrogen-bond acceptors (Lipinski definition) is 1. The second-order valence-electron chi connectivity index (χ2n) is 2.32. The van der Waals surface area contributed by atoms with Gasteiger partial charge in [0.15, 0.2) is 0 Å². The molecule has 0 unspecified atom stereocenters. The molecule has 0 aliphatic carbocycles. The Labute approximate surface area is 55.8 Å². The number of allylic oxidation sites excluding steroid dienone is 3. The highest BCUT2D eigenvalue weighted by atomic mass is 14.8. The van der Waals surface area contributed by atoms with Crippen molar-refractivity contribution in [3.05, 3.63) is 35.7 Å². The monoisotopic (exact) mass is 121 g/mol. The molecule has 0 aromatic heterocycles. The standard InChI is InChI=1S/C8H11N/c1-6-4-8(3)9-5-7(6)2/h4-5,9H,3H2,1-2H3. The van der Waals surface area contributed by atoms with Crippen molar-refractivity contribution >= 4 is 0 Å². The zero-order chi connectivity index (χ0) is 6.85. The van der Waals surface area contributed by atoms with Crippen LogP contribution in [0, 0.1) is 0 Å². The van der Waals surface area contributed by atoms with Gasteiger partial charge < -0.3 is 5.32 Å². The maximum Gasteiger partial charge on any atom is 0.0309 e. The van der Waals surface area contributed by atoms with Gasteiger partial charge in [-0.3, -0.25) is 0 Å². The summed E-state index contributed by atoms with van der Waals surface area (Å²) in [6.07, 6.45) is 4.01. The lowest BCUT2D eigenvalue weighted by Gasteiger charge is -2.10. The molecule has 1 aliphatic heterocycles. The molecular formula is C8H11N. The van der Waals surface area contributed by atoms with Gasteiger partial charge in [-0.1, -0.05) is 6.58 Å². The summed E-state index contributed by atoms with van der Waals surface area (Å²) in [5.41, 5.74) is 3.54. The summed E-state index contributed by atoms with van der Waals surface area (Å²) >= 11 is 0. The molecule has 0 saturated heterocycles. The highest BCUT2D eigenvalue weighted by Crippen LogP contribution is 2.12. The van der Waals surface area contributed by atoms with E-state index in [1.54, 1.807) is 0 Å². The van der Waals surface area contributed by atoms with Crippen molar-refractivity contribution in [2.75, 3.05) is 0 Å². The molecule has 48 valence electrons. The van der Waals surface area contributed by atoms with Gasteiger partial charge in [-0.05, 0) is 31.1 Å². The van der Waals surface area contributed by atoms with Crippen molar-refractivity contribution in [1.29, 1.82) is 0 Å². The molecular weight excluding hydrogens is 110 g/mol.